The number of hydrogen-bond acceptors (Lipinski definition) is 6. The number of hydrogen-bond donors (Lipinski definition) is 1. The second-order valence-corrected chi connectivity index (χ2v) is 10.4. The van der Waals surface area contributed by atoms with Gasteiger partial charge in [0.2, 0.25) is 28.6 Å². The number of fused-ring (bicyclic) bond motifs is 1. The van der Waals surface area contributed by atoms with Crippen molar-refractivity contribution in [1.29, 1.82) is 0 Å². The molecule has 0 radical (unpaired) electrons. The molecule has 3 aliphatic heterocycles. The van der Waals surface area contributed by atoms with Crippen LogP contribution < -0.4 is 19.7 Å². The third-order valence-electron chi connectivity index (χ3n) is 6.26. The van der Waals surface area contributed by atoms with Crippen LogP contribution in [0.15, 0.2) is 47.4 Å². The number of sulfonamides is 1. The number of amides is 2. The highest BCUT2D eigenvalue weighted by atomic mass is 32.2. The van der Waals surface area contributed by atoms with Gasteiger partial charge in [-0.15, -0.1) is 0 Å². The first kappa shape index (κ1) is 21.7. The van der Waals surface area contributed by atoms with E-state index >= 15 is 0 Å². The number of nitrogens with zero attached hydrogens (tertiary/aromatic N) is 2. The van der Waals surface area contributed by atoms with E-state index in [1.165, 1.54) is 4.31 Å². The molecule has 1 unspecified atom stereocenters. The van der Waals surface area contributed by atoms with Gasteiger partial charge in [-0.25, -0.2) is 8.42 Å². The van der Waals surface area contributed by atoms with E-state index in [1.807, 2.05) is 0 Å². The van der Waals surface area contributed by atoms with Crippen molar-refractivity contribution in [2.75, 3.05) is 31.3 Å². The molecule has 3 heterocycles. The fourth-order valence-electron chi connectivity index (χ4n) is 4.38. The smallest absolute Gasteiger partial charge is 0.243 e. The first-order valence-electron chi connectivity index (χ1n) is 11.0. The lowest BCUT2D eigenvalue weighted by Gasteiger charge is -2.17. The Bertz CT molecular complexity index is 1180. The SMILES string of the molecule is O=C(NCc1ccc(S(=O)(=O)N2CCCC2)cc1)C1CC(=O)N(c2ccc3c(c2)OCO3)C1. The molecule has 174 valence electrons. The van der Waals surface area contributed by atoms with E-state index in [0.717, 1.165) is 18.4 Å². The monoisotopic (exact) mass is 471 g/mol. The Hall–Kier alpha value is -3.11. The molecule has 0 bridgehead atoms. The van der Waals surface area contributed by atoms with Crippen LogP contribution in [0, 0.1) is 5.92 Å². The predicted octanol–water partition coefficient (Wildman–Crippen LogP) is 1.87. The fraction of sp³-hybridized carbons (Fsp3) is 0.391. The summed E-state index contributed by atoms with van der Waals surface area (Å²) in [4.78, 5) is 27.1. The molecule has 9 nitrogen and oxygen atoms in total. The molecule has 2 aromatic rings. The molecule has 1 atom stereocenters. The van der Waals surface area contributed by atoms with E-state index in [0.29, 0.717) is 30.3 Å². The minimum atomic E-state index is -3.46. The van der Waals surface area contributed by atoms with Crippen molar-refractivity contribution >= 4 is 27.5 Å². The number of nitrogens with one attached hydrogen (secondary N) is 1. The Morgan fingerprint density at radius 2 is 1.76 bits per heavy atom. The molecule has 5 rings (SSSR count). The van der Waals surface area contributed by atoms with Crippen molar-refractivity contribution in [2.24, 2.45) is 5.92 Å². The van der Waals surface area contributed by atoms with E-state index < -0.39 is 15.9 Å². The summed E-state index contributed by atoms with van der Waals surface area (Å²) in [5.41, 5.74) is 1.47. The normalized spacial score (nSPS) is 20.4. The third-order valence-corrected chi connectivity index (χ3v) is 8.17. The Labute approximate surface area is 192 Å². The summed E-state index contributed by atoms with van der Waals surface area (Å²) in [6.45, 7) is 1.82. The first-order chi connectivity index (χ1) is 15.9. The zero-order valence-corrected chi connectivity index (χ0v) is 18.8. The molecular weight excluding hydrogens is 446 g/mol. The molecule has 3 aliphatic rings. The van der Waals surface area contributed by atoms with Gasteiger partial charge >= 0.3 is 0 Å². The van der Waals surface area contributed by atoms with Gasteiger partial charge in [-0.1, -0.05) is 12.1 Å². The summed E-state index contributed by atoms with van der Waals surface area (Å²) in [5, 5.41) is 2.87. The Balaban J connectivity index is 1.18. The van der Waals surface area contributed by atoms with Crippen molar-refractivity contribution in [3.05, 3.63) is 48.0 Å². The molecule has 0 spiro atoms. The average molecular weight is 472 g/mol. The van der Waals surface area contributed by atoms with Crippen molar-refractivity contribution in [2.45, 2.75) is 30.7 Å². The molecule has 2 aromatic carbocycles. The van der Waals surface area contributed by atoms with Crippen molar-refractivity contribution < 1.29 is 27.5 Å². The van der Waals surface area contributed by atoms with Crippen LogP contribution in [0.1, 0.15) is 24.8 Å². The predicted molar refractivity (Wildman–Crippen MR) is 119 cm³/mol. The van der Waals surface area contributed by atoms with Gasteiger partial charge in [0, 0.05) is 44.4 Å². The molecule has 2 saturated heterocycles. The van der Waals surface area contributed by atoms with Gasteiger partial charge in [0.05, 0.1) is 10.8 Å². The minimum Gasteiger partial charge on any atom is -0.454 e. The van der Waals surface area contributed by atoms with E-state index in [9.17, 15) is 18.0 Å². The standard InChI is InChI=1S/C23H25N3O6S/c27-22-11-17(14-26(22)18-5-8-20-21(12-18)32-15-31-20)23(28)24-13-16-3-6-19(7-4-16)33(29,30)25-9-1-2-10-25/h3-8,12,17H,1-2,9-11,13-15H2,(H,24,28). The van der Waals surface area contributed by atoms with Crippen LogP contribution in [0.4, 0.5) is 5.69 Å². The number of benzene rings is 2. The molecule has 2 fully saturated rings. The maximum atomic E-state index is 12.7. The Morgan fingerprint density at radius 1 is 1.03 bits per heavy atom. The van der Waals surface area contributed by atoms with Gasteiger partial charge in [0.1, 0.15) is 0 Å². The van der Waals surface area contributed by atoms with Gasteiger partial charge < -0.3 is 19.7 Å². The zero-order valence-electron chi connectivity index (χ0n) is 18.0. The van der Waals surface area contributed by atoms with Crippen LogP contribution in [0.2, 0.25) is 0 Å². The second kappa shape index (κ2) is 8.68. The Morgan fingerprint density at radius 3 is 2.52 bits per heavy atom. The molecule has 2 amide bonds. The third kappa shape index (κ3) is 4.28. The van der Waals surface area contributed by atoms with Gasteiger partial charge in [0.15, 0.2) is 11.5 Å². The summed E-state index contributed by atoms with van der Waals surface area (Å²) in [6, 6.07) is 11.9. The van der Waals surface area contributed by atoms with Crippen molar-refractivity contribution in [3.8, 4) is 11.5 Å². The summed E-state index contributed by atoms with van der Waals surface area (Å²) in [5.74, 6) is 0.436. The molecule has 33 heavy (non-hydrogen) atoms. The van der Waals surface area contributed by atoms with E-state index in [1.54, 1.807) is 47.4 Å². The average Bonchev–Trinajstić information content (AvgIpc) is 3.58. The zero-order chi connectivity index (χ0) is 23.0. The number of anilines is 1. The minimum absolute atomic E-state index is 0.120. The van der Waals surface area contributed by atoms with E-state index in [-0.39, 0.29) is 43.0 Å². The van der Waals surface area contributed by atoms with Crippen LogP contribution >= 0.6 is 0 Å². The van der Waals surface area contributed by atoms with Crippen LogP contribution in [0.25, 0.3) is 0 Å². The lowest BCUT2D eigenvalue weighted by molar-refractivity contribution is -0.126. The van der Waals surface area contributed by atoms with Crippen LogP contribution in [-0.4, -0.2) is 51.0 Å². The molecule has 0 saturated carbocycles. The first-order valence-corrected chi connectivity index (χ1v) is 12.4. The van der Waals surface area contributed by atoms with Crippen LogP contribution in [0.5, 0.6) is 11.5 Å². The highest BCUT2D eigenvalue weighted by molar-refractivity contribution is 7.89. The molecular formula is C23H25N3O6S. The summed E-state index contributed by atoms with van der Waals surface area (Å²) < 4.78 is 37.4. The number of carbonyl (C=O) groups is 2. The highest BCUT2D eigenvalue weighted by Crippen LogP contribution is 2.37. The van der Waals surface area contributed by atoms with Gasteiger partial charge in [-0.2, -0.15) is 4.31 Å². The summed E-state index contributed by atoms with van der Waals surface area (Å²) >= 11 is 0. The maximum Gasteiger partial charge on any atom is 0.243 e. The Kier molecular flexibility index (Phi) is 5.71. The molecule has 0 aliphatic carbocycles. The van der Waals surface area contributed by atoms with E-state index in [4.69, 9.17) is 9.47 Å². The van der Waals surface area contributed by atoms with Crippen LogP contribution in [-0.2, 0) is 26.2 Å². The number of carbonyl (C=O) groups excluding carboxylic acids is 2. The van der Waals surface area contributed by atoms with Crippen molar-refractivity contribution in [3.63, 3.8) is 0 Å². The molecule has 1 N–H and O–H groups in total. The topological polar surface area (TPSA) is 105 Å². The fourth-order valence-corrected chi connectivity index (χ4v) is 5.89. The highest BCUT2D eigenvalue weighted by Gasteiger charge is 2.35. The van der Waals surface area contributed by atoms with Gasteiger partial charge in [-0.05, 0) is 42.7 Å². The largest absolute Gasteiger partial charge is 0.454 e. The van der Waals surface area contributed by atoms with Crippen molar-refractivity contribution in [1.82, 2.24) is 9.62 Å². The maximum absolute atomic E-state index is 12.7. The van der Waals surface area contributed by atoms with Gasteiger partial charge in [0.25, 0.3) is 0 Å². The number of rotatable bonds is 6. The van der Waals surface area contributed by atoms with Gasteiger partial charge in [-0.3, -0.25) is 9.59 Å². The summed E-state index contributed by atoms with van der Waals surface area (Å²) in [6.07, 6.45) is 1.91. The lowest BCUT2D eigenvalue weighted by atomic mass is 10.1. The van der Waals surface area contributed by atoms with Crippen LogP contribution in [0.3, 0.4) is 0 Å². The summed E-state index contributed by atoms with van der Waals surface area (Å²) in [7, 11) is -3.46. The quantitative estimate of drug-likeness (QED) is 0.690. The molecule has 10 heteroatoms. The molecule has 0 aromatic heterocycles. The van der Waals surface area contributed by atoms with E-state index in [2.05, 4.69) is 5.32 Å². The second-order valence-electron chi connectivity index (χ2n) is 8.42. The number of ether oxygens (including phenoxy) is 2. The lowest BCUT2D eigenvalue weighted by Crippen LogP contribution is -2.32.